The van der Waals surface area contributed by atoms with Gasteiger partial charge >= 0.3 is 23.9 Å². The van der Waals surface area contributed by atoms with Gasteiger partial charge in [-0.1, -0.05) is 75.9 Å². The molecule has 0 saturated carbocycles. The molecule has 2 fully saturated rings. The molecule has 6 heterocycles. The number of carbonyl (C=O) groups is 6. The number of carbonyl (C=O) groups excluding carboxylic acids is 2. The number of nitrogens with two attached hydrogens (primary N) is 4. The van der Waals surface area contributed by atoms with Crippen molar-refractivity contribution in [2.75, 3.05) is 125 Å². The van der Waals surface area contributed by atoms with Gasteiger partial charge in [-0.05, 0) is 72.2 Å². The number of unbranched alkanes of at least 4 members (excludes halogenated alkanes) is 4. The quantitative estimate of drug-likeness (QED) is 0.0239. The Labute approximate surface area is 569 Å². The summed E-state index contributed by atoms with van der Waals surface area (Å²) in [7, 11) is 0. The highest BCUT2D eigenvalue weighted by Gasteiger charge is 2.28. The first-order chi connectivity index (χ1) is 46.1. The van der Waals surface area contributed by atoms with Gasteiger partial charge in [0, 0.05) is 148 Å². The van der Waals surface area contributed by atoms with Crippen LogP contribution in [0.15, 0.2) is 60.9 Å². The molecule has 2 aliphatic heterocycles. The first-order valence-electron chi connectivity index (χ1n) is 33.0. The van der Waals surface area contributed by atoms with E-state index in [4.69, 9.17) is 33.1 Å². The Morgan fingerprint density at radius 3 is 1.35 bits per heavy atom. The van der Waals surface area contributed by atoms with E-state index in [1.807, 2.05) is 24.5 Å². The number of aromatic nitrogens is 6. The molecule has 4 aromatic heterocycles. The molecule has 16 N–H and O–H groups in total. The van der Waals surface area contributed by atoms with Crippen LogP contribution in [0.5, 0.6) is 0 Å². The van der Waals surface area contributed by atoms with Crippen molar-refractivity contribution in [3.05, 3.63) is 94.3 Å². The second-order valence-corrected chi connectivity index (χ2v) is 27.0. The van der Waals surface area contributed by atoms with Crippen LogP contribution in [0.3, 0.4) is 0 Å². The highest BCUT2D eigenvalue weighted by atomic mass is 32.2. The fraction of sp³-hybridized carbons (Fsp3) is 0.545. The van der Waals surface area contributed by atoms with E-state index in [0.717, 1.165) is 174 Å². The highest BCUT2D eigenvalue weighted by molar-refractivity contribution is 8.00. The van der Waals surface area contributed by atoms with Gasteiger partial charge in [0.25, 0.3) is 0 Å². The molecule has 0 radical (unpaired) electrons. The van der Waals surface area contributed by atoms with Crippen LogP contribution in [-0.4, -0.2) is 231 Å². The van der Waals surface area contributed by atoms with Crippen molar-refractivity contribution in [2.45, 2.75) is 128 Å². The van der Waals surface area contributed by atoms with Gasteiger partial charge in [-0.2, -0.15) is 9.97 Å². The summed E-state index contributed by atoms with van der Waals surface area (Å²) in [6, 6.07) is 15.0. The van der Waals surface area contributed by atoms with Crippen LogP contribution in [0.4, 0.5) is 23.5 Å². The van der Waals surface area contributed by atoms with Gasteiger partial charge < -0.3 is 73.8 Å². The van der Waals surface area contributed by atoms with Gasteiger partial charge in [0.1, 0.15) is 28.4 Å². The van der Waals surface area contributed by atoms with E-state index in [2.05, 4.69) is 134 Å². The summed E-state index contributed by atoms with van der Waals surface area (Å²) >= 11 is 1.83. The minimum absolute atomic E-state index is 0.0433. The maximum absolute atomic E-state index is 12.6. The molecule has 524 valence electrons. The van der Waals surface area contributed by atoms with Crippen molar-refractivity contribution >= 4 is 105 Å². The van der Waals surface area contributed by atoms with Crippen molar-refractivity contribution in [3.63, 3.8) is 0 Å². The molecular weight excluding hydrogens is 1270 g/mol. The van der Waals surface area contributed by atoms with Gasteiger partial charge in [0.15, 0.2) is 11.6 Å². The van der Waals surface area contributed by atoms with E-state index in [1.54, 1.807) is 0 Å². The number of aliphatic carboxylic acids is 4. The predicted octanol–water partition coefficient (Wildman–Crippen LogP) is 4.39. The average molecular weight is 1370 g/mol. The highest BCUT2D eigenvalue weighted by Crippen LogP contribution is 2.28. The van der Waals surface area contributed by atoms with E-state index in [1.165, 1.54) is 33.4 Å². The second kappa shape index (κ2) is 38.2. The van der Waals surface area contributed by atoms with Crippen LogP contribution < -0.4 is 44.2 Å². The Hall–Kier alpha value is -7.84. The number of carboxylic acids is 4. The number of hydrogen-bond donors (Lipinski definition) is 12. The Bertz CT molecular complexity index is 3540. The first kappa shape index (κ1) is 75.5. The summed E-state index contributed by atoms with van der Waals surface area (Å²) in [6.45, 7) is 22.6. The van der Waals surface area contributed by atoms with Gasteiger partial charge in [0.2, 0.25) is 23.7 Å². The first-order valence-corrected chi connectivity index (χ1v) is 35.1. The van der Waals surface area contributed by atoms with E-state index in [-0.39, 0.29) is 35.7 Å². The van der Waals surface area contributed by atoms with Crippen molar-refractivity contribution in [2.24, 2.45) is 11.5 Å². The number of amides is 2. The Morgan fingerprint density at radius 2 is 0.948 bits per heavy atom. The molecule has 2 saturated heterocycles. The molecule has 28 nitrogen and oxygen atoms in total. The molecular formula is C66H98N18O10S2. The zero-order chi connectivity index (χ0) is 69.3. The lowest BCUT2D eigenvalue weighted by Gasteiger charge is -2.34. The lowest BCUT2D eigenvalue weighted by atomic mass is 10.0. The Morgan fingerprint density at radius 1 is 0.521 bits per heavy atom. The number of fused-ring (bicyclic) bond motifs is 2. The average Bonchev–Trinajstić information content (AvgIpc) is 1.62. The zero-order valence-corrected chi connectivity index (χ0v) is 57.4. The zero-order valence-electron chi connectivity index (χ0n) is 55.7. The normalized spacial score (nSPS) is 15.3. The van der Waals surface area contributed by atoms with E-state index in [0.29, 0.717) is 39.3 Å². The van der Waals surface area contributed by atoms with Gasteiger partial charge in [-0.25, -0.2) is 9.97 Å². The number of benzene rings is 2. The van der Waals surface area contributed by atoms with Crippen LogP contribution in [0.2, 0.25) is 0 Å². The third kappa shape index (κ3) is 23.8. The number of piperazine rings is 2. The molecule has 2 unspecified atom stereocenters. The summed E-state index contributed by atoms with van der Waals surface area (Å²) in [4.78, 5) is 96.8. The predicted molar refractivity (Wildman–Crippen MR) is 378 cm³/mol. The molecule has 0 bridgehead atoms. The summed E-state index contributed by atoms with van der Waals surface area (Å²) in [5, 5.41) is 47.0. The summed E-state index contributed by atoms with van der Waals surface area (Å²) in [5.41, 5.74) is 34.0. The monoisotopic (exact) mass is 1370 g/mol. The number of nitrogens with zero attached hydrogens (tertiary/aromatic N) is 10. The van der Waals surface area contributed by atoms with E-state index >= 15 is 0 Å². The van der Waals surface area contributed by atoms with Crippen LogP contribution in [0.25, 0.3) is 22.1 Å². The summed E-state index contributed by atoms with van der Waals surface area (Å²) in [6.07, 6.45) is 10.2. The van der Waals surface area contributed by atoms with Gasteiger partial charge in [-0.15, -0.1) is 23.5 Å². The molecule has 2 aliphatic rings. The molecule has 96 heavy (non-hydrogen) atoms. The Kier molecular flexibility index (Phi) is 30.1. The minimum Gasteiger partial charge on any atom is -0.481 e. The fourth-order valence-corrected chi connectivity index (χ4v) is 13.5. The SMILES string of the molecule is CCCCCNc1nc(N)nc2ccn(Cc3ccc(CN4CCN(CCNC(=O)C(CC(=O)O)SC[C@H](N)C(=O)O)CC4)cc3C)c12.CCCCCNc1nc(N)nc2ccn(Cc3ccc(CN4CCN(CCNC(=O)CC(SC[C@H](N)C(=O)O)C(=O)O)CC4)cc3C)c12. The number of anilines is 4. The molecule has 6 aromatic rings. The van der Waals surface area contributed by atoms with E-state index in [9.17, 15) is 39.0 Å². The van der Waals surface area contributed by atoms with Crippen molar-refractivity contribution < 1.29 is 49.2 Å². The smallest absolute Gasteiger partial charge is 0.321 e. The third-order valence-electron chi connectivity index (χ3n) is 17.0. The molecule has 0 aliphatic carbocycles. The lowest BCUT2D eigenvalue weighted by molar-refractivity contribution is -0.139. The van der Waals surface area contributed by atoms with Gasteiger partial charge in [-0.3, -0.25) is 48.4 Å². The molecule has 2 aromatic carbocycles. The molecule has 2 amide bonds. The molecule has 8 rings (SSSR count). The molecule has 30 heteroatoms. The van der Waals surface area contributed by atoms with Crippen molar-refractivity contribution in [3.8, 4) is 0 Å². The topological polar surface area (TPSA) is 410 Å². The maximum Gasteiger partial charge on any atom is 0.321 e. The fourth-order valence-electron chi connectivity index (χ4n) is 11.4. The lowest BCUT2D eigenvalue weighted by Crippen LogP contribution is -2.48. The van der Waals surface area contributed by atoms with Crippen LogP contribution in [-0.2, 0) is 54.9 Å². The number of nitrogens with one attached hydrogen (secondary N) is 4. The minimum atomic E-state index is -1.20. The van der Waals surface area contributed by atoms with Crippen LogP contribution >= 0.6 is 23.5 Å². The number of aryl methyl sites for hydroxylation is 2. The van der Waals surface area contributed by atoms with Crippen LogP contribution in [0.1, 0.15) is 98.6 Å². The van der Waals surface area contributed by atoms with Crippen LogP contribution in [0, 0.1) is 13.8 Å². The number of thioether (sulfide) groups is 2. The maximum atomic E-state index is 12.6. The second-order valence-electron chi connectivity index (χ2n) is 24.6. The van der Waals surface area contributed by atoms with Crippen molar-refractivity contribution in [1.82, 2.24) is 59.3 Å². The Balaban J connectivity index is 0.000000271. The largest absolute Gasteiger partial charge is 0.481 e. The number of hydrogen-bond acceptors (Lipinski definition) is 22. The number of carboxylic acid groups (broad SMARTS) is 4. The van der Waals surface area contributed by atoms with Crippen molar-refractivity contribution in [1.29, 1.82) is 0 Å². The third-order valence-corrected chi connectivity index (χ3v) is 19.7. The summed E-state index contributed by atoms with van der Waals surface area (Å²) < 4.78 is 4.36. The number of rotatable bonds is 38. The van der Waals surface area contributed by atoms with E-state index < -0.39 is 58.8 Å². The summed E-state index contributed by atoms with van der Waals surface area (Å²) in [5.74, 6) is -3.51. The molecule has 4 atom stereocenters. The van der Waals surface area contributed by atoms with Gasteiger partial charge in [0.05, 0.1) is 22.7 Å². The standard InChI is InChI=1S/2C33H49N9O5S/c1-3-4-5-9-36-30-29-26(38-33(35)39-30)8-11-42(29)20-24-7-6-23(17-22(24)2)19-41-15-13-40(14-16-41)12-10-37-31(45)27(18-28(43)44)48-21-25(34)32(46)47;1-3-4-5-9-37-30-29-26(38-33(35)39-30)8-11-42(29)20-24-7-6-23(17-22(24)2)19-41-15-13-40(14-16-41)12-10-36-28(43)18-27(32(46)47)48-21-25(34)31(44)45/h6-8,11,17,25,27H,3-5,9-10,12-16,18-21,34H2,1-2H3,(H,37,45)(H,43,44)(H,46,47)(H3,35,36,38,39);6-8,11,17,25,27H,3-5,9-10,12-16,18-21,34H2,1-2H3,(H,36,43)(H,44,45)(H,46,47)(H3,35,37,38,39)/t2*25-,27?/m00/s1. The molecule has 0 spiro atoms. The number of nitrogen functional groups attached to an aromatic ring is 2.